The number of benzene rings is 2. The second kappa shape index (κ2) is 6.25. The van der Waals surface area contributed by atoms with E-state index in [0.29, 0.717) is 5.92 Å². The van der Waals surface area contributed by atoms with Crippen LogP contribution in [-0.4, -0.2) is 5.11 Å². The van der Waals surface area contributed by atoms with Crippen LogP contribution in [0.2, 0.25) is 0 Å². The molecule has 0 spiro atoms. The van der Waals surface area contributed by atoms with E-state index in [1.54, 1.807) is 18.2 Å². The first-order chi connectivity index (χ1) is 9.69. The molecule has 1 aliphatic rings. The van der Waals surface area contributed by atoms with Crippen molar-refractivity contribution in [3.63, 3.8) is 0 Å². The van der Waals surface area contributed by atoms with Gasteiger partial charge in [-0.15, -0.1) is 0 Å². The van der Waals surface area contributed by atoms with Crippen molar-refractivity contribution < 1.29 is 9.50 Å². The van der Waals surface area contributed by atoms with Crippen LogP contribution in [0.15, 0.2) is 24.3 Å². The summed E-state index contributed by atoms with van der Waals surface area (Å²) in [7, 11) is 0. The normalized spacial score (nSPS) is 14.0. The molecular formula is C18H23FO. The average molecular weight is 274 g/mol. The zero-order valence-corrected chi connectivity index (χ0v) is 12.5. The fourth-order valence-corrected chi connectivity index (χ4v) is 2.68. The summed E-state index contributed by atoms with van der Waals surface area (Å²) in [6.07, 6.45) is 4.08. The van der Waals surface area contributed by atoms with Gasteiger partial charge in [0.2, 0.25) is 0 Å². The van der Waals surface area contributed by atoms with Crippen molar-refractivity contribution in [2.75, 3.05) is 0 Å². The van der Waals surface area contributed by atoms with E-state index < -0.39 is 0 Å². The Bertz CT molecular complexity index is 600. The molecule has 1 aliphatic carbocycles. The van der Waals surface area contributed by atoms with Crippen molar-refractivity contribution in [1.29, 1.82) is 0 Å². The van der Waals surface area contributed by atoms with Gasteiger partial charge >= 0.3 is 0 Å². The smallest absolute Gasteiger partial charge is 0.127 e. The highest BCUT2D eigenvalue weighted by Gasteiger charge is 2.24. The largest absolute Gasteiger partial charge is 0.508 e. The van der Waals surface area contributed by atoms with Crippen LogP contribution in [0.25, 0.3) is 10.8 Å². The topological polar surface area (TPSA) is 20.2 Å². The van der Waals surface area contributed by atoms with Crippen LogP contribution in [0, 0.1) is 11.7 Å². The van der Waals surface area contributed by atoms with Crippen molar-refractivity contribution in [2.45, 2.75) is 46.5 Å². The molecule has 0 bridgehead atoms. The molecule has 0 radical (unpaired) electrons. The van der Waals surface area contributed by atoms with Gasteiger partial charge in [-0.05, 0) is 71.7 Å². The lowest BCUT2D eigenvalue weighted by atomic mass is 9.94. The second-order valence-corrected chi connectivity index (χ2v) is 5.23. The molecule has 0 saturated heterocycles. The van der Waals surface area contributed by atoms with E-state index in [4.69, 9.17) is 0 Å². The highest BCUT2D eigenvalue weighted by atomic mass is 19.1. The van der Waals surface area contributed by atoms with Crippen LogP contribution in [0.5, 0.6) is 5.75 Å². The highest BCUT2D eigenvalue weighted by Crippen LogP contribution is 2.37. The van der Waals surface area contributed by atoms with Crippen LogP contribution in [0.1, 0.15) is 44.7 Å². The maximum atomic E-state index is 14.1. The molecule has 1 N–H and O–H groups in total. The van der Waals surface area contributed by atoms with Gasteiger partial charge in [0.25, 0.3) is 0 Å². The Kier molecular flexibility index (Phi) is 4.64. The van der Waals surface area contributed by atoms with Crippen molar-refractivity contribution in [2.24, 2.45) is 5.92 Å². The first-order valence-electron chi connectivity index (χ1n) is 7.62. The van der Waals surface area contributed by atoms with Crippen LogP contribution < -0.4 is 0 Å². The highest BCUT2D eigenvalue weighted by molar-refractivity contribution is 5.90. The molecule has 1 saturated carbocycles. The van der Waals surface area contributed by atoms with Gasteiger partial charge in [-0.3, -0.25) is 0 Å². The van der Waals surface area contributed by atoms with Crippen LogP contribution in [0.3, 0.4) is 0 Å². The van der Waals surface area contributed by atoms with E-state index >= 15 is 0 Å². The van der Waals surface area contributed by atoms with Gasteiger partial charge in [0, 0.05) is 0 Å². The number of aryl methyl sites for hydroxylation is 1. The zero-order chi connectivity index (χ0) is 14.7. The van der Waals surface area contributed by atoms with Crippen molar-refractivity contribution in [3.8, 4) is 5.75 Å². The number of phenolic OH excluding ortho intramolecular Hbond substituents is 1. The van der Waals surface area contributed by atoms with Gasteiger partial charge in [-0.25, -0.2) is 4.39 Å². The second-order valence-electron chi connectivity index (χ2n) is 5.23. The van der Waals surface area contributed by atoms with E-state index in [2.05, 4.69) is 0 Å². The molecule has 0 atom stereocenters. The summed E-state index contributed by atoms with van der Waals surface area (Å²) in [5.74, 6) is 0.821. The van der Waals surface area contributed by atoms with Crippen LogP contribution in [0.4, 0.5) is 4.39 Å². The van der Waals surface area contributed by atoms with Gasteiger partial charge < -0.3 is 5.11 Å². The Morgan fingerprint density at radius 2 is 1.90 bits per heavy atom. The van der Waals surface area contributed by atoms with Crippen LogP contribution >= 0.6 is 0 Å². The van der Waals surface area contributed by atoms with E-state index in [1.165, 1.54) is 18.9 Å². The molecule has 1 nitrogen and oxygen atoms in total. The van der Waals surface area contributed by atoms with Crippen molar-refractivity contribution >= 4 is 10.8 Å². The SMILES string of the molecule is CC.CCc1cc(O)cc2ccc(F)c(CC3CC3)c12. The molecule has 0 aromatic heterocycles. The lowest BCUT2D eigenvalue weighted by Crippen LogP contribution is -1.97. The summed E-state index contributed by atoms with van der Waals surface area (Å²) >= 11 is 0. The summed E-state index contributed by atoms with van der Waals surface area (Å²) in [5.41, 5.74) is 1.88. The van der Waals surface area contributed by atoms with E-state index in [1.807, 2.05) is 20.8 Å². The summed E-state index contributed by atoms with van der Waals surface area (Å²) < 4.78 is 14.1. The minimum Gasteiger partial charge on any atom is -0.508 e. The molecule has 3 rings (SSSR count). The maximum absolute atomic E-state index is 14.1. The number of phenols is 1. The Morgan fingerprint density at radius 1 is 1.20 bits per heavy atom. The predicted molar refractivity (Wildman–Crippen MR) is 82.7 cm³/mol. The maximum Gasteiger partial charge on any atom is 0.127 e. The summed E-state index contributed by atoms with van der Waals surface area (Å²) in [6.45, 7) is 6.04. The summed E-state index contributed by atoms with van der Waals surface area (Å²) in [5, 5.41) is 11.7. The van der Waals surface area contributed by atoms with Crippen molar-refractivity contribution in [1.82, 2.24) is 0 Å². The molecule has 2 heteroatoms. The number of halogens is 1. The average Bonchev–Trinajstić information content (AvgIpc) is 3.27. The minimum absolute atomic E-state index is 0.102. The summed E-state index contributed by atoms with van der Waals surface area (Å²) in [4.78, 5) is 0. The van der Waals surface area contributed by atoms with E-state index in [0.717, 1.165) is 34.7 Å². The minimum atomic E-state index is -0.102. The number of aromatic hydroxyl groups is 1. The van der Waals surface area contributed by atoms with Gasteiger partial charge in [-0.1, -0.05) is 26.8 Å². The van der Waals surface area contributed by atoms with Gasteiger partial charge in [0.15, 0.2) is 0 Å². The molecule has 0 amide bonds. The van der Waals surface area contributed by atoms with Crippen molar-refractivity contribution in [3.05, 3.63) is 41.2 Å². The fourth-order valence-electron chi connectivity index (χ4n) is 2.68. The Balaban J connectivity index is 0.000000704. The number of fused-ring (bicyclic) bond motifs is 1. The zero-order valence-electron chi connectivity index (χ0n) is 12.5. The monoisotopic (exact) mass is 274 g/mol. The molecule has 20 heavy (non-hydrogen) atoms. The standard InChI is InChI=1S/C16H17FO.C2H6/c1-2-11-8-13(18)9-12-5-6-15(17)14(16(11)12)7-10-3-4-10;1-2/h5-6,8-10,18H,2-4,7H2,1H3;1-2H3. The fraction of sp³-hybridized carbons (Fsp3) is 0.444. The molecule has 0 aliphatic heterocycles. The Morgan fingerprint density at radius 3 is 2.50 bits per heavy atom. The number of rotatable bonds is 3. The van der Waals surface area contributed by atoms with Gasteiger partial charge in [-0.2, -0.15) is 0 Å². The number of hydrogen-bond donors (Lipinski definition) is 1. The first-order valence-corrected chi connectivity index (χ1v) is 7.62. The summed E-state index contributed by atoms with van der Waals surface area (Å²) in [6, 6.07) is 6.78. The van der Waals surface area contributed by atoms with E-state index in [-0.39, 0.29) is 11.6 Å². The molecule has 2 aromatic carbocycles. The third-order valence-corrected chi connectivity index (χ3v) is 3.81. The Hall–Kier alpha value is -1.57. The quantitative estimate of drug-likeness (QED) is 0.813. The van der Waals surface area contributed by atoms with Gasteiger partial charge in [0.05, 0.1) is 0 Å². The molecular weight excluding hydrogens is 251 g/mol. The predicted octanol–water partition coefficient (Wildman–Crippen LogP) is 5.23. The number of hydrogen-bond acceptors (Lipinski definition) is 1. The van der Waals surface area contributed by atoms with E-state index in [9.17, 15) is 9.50 Å². The molecule has 0 unspecified atom stereocenters. The third-order valence-electron chi connectivity index (χ3n) is 3.81. The molecule has 1 fully saturated rings. The third kappa shape index (κ3) is 2.95. The first kappa shape index (κ1) is 14.8. The van der Waals surface area contributed by atoms with Crippen LogP contribution in [-0.2, 0) is 12.8 Å². The van der Waals surface area contributed by atoms with Gasteiger partial charge in [0.1, 0.15) is 11.6 Å². The molecule has 108 valence electrons. The lowest BCUT2D eigenvalue weighted by molar-refractivity contribution is 0.475. The lowest BCUT2D eigenvalue weighted by Gasteiger charge is -2.12. The molecule has 0 heterocycles. The molecule has 2 aromatic rings. The Labute approximate surface area is 120 Å².